The molecule has 2 N–H and O–H groups in total. The molecule has 106 valence electrons. The summed E-state index contributed by atoms with van der Waals surface area (Å²) in [6.45, 7) is 11.0. The molecule has 0 aliphatic carbocycles. The predicted octanol–water partition coefficient (Wildman–Crippen LogP) is 1.60. The zero-order valence-corrected chi connectivity index (χ0v) is 11.8. The maximum Gasteiger partial charge on any atom is 0.407 e. The topological polar surface area (TPSA) is 68.2 Å². The maximum atomic E-state index is 11.3. The Morgan fingerprint density at radius 3 is 2.84 bits per heavy atom. The van der Waals surface area contributed by atoms with Crippen LogP contribution >= 0.6 is 0 Å². The molecule has 0 aliphatic rings. The molecule has 6 nitrogen and oxygen atoms in total. The van der Waals surface area contributed by atoms with Gasteiger partial charge in [-0.3, -0.25) is 0 Å². The molecule has 19 heavy (non-hydrogen) atoms. The number of hydrogen-bond donors (Lipinski definition) is 2. The first-order valence-corrected chi connectivity index (χ1v) is 6.24. The highest BCUT2D eigenvalue weighted by Gasteiger charge is 2.15. The van der Waals surface area contributed by atoms with Crippen LogP contribution in [0.3, 0.4) is 0 Å². The molecule has 0 saturated carbocycles. The molecule has 1 aromatic heterocycles. The molecule has 0 fully saturated rings. The van der Waals surface area contributed by atoms with Gasteiger partial charge in [-0.25, -0.2) is 9.48 Å². The van der Waals surface area contributed by atoms with Crippen molar-refractivity contribution in [3.8, 4) is 0 Å². The Hall–Kier alpha value is -1.82. The summed E-state index contributed by atoms with van der Waals surface area (Å²) in [6, 6.07) is 0. The lowest BCUT2D eigenvalue weighted by Gasteiger charge is -2.19. The van der Waals surface area contributed by atoms with E-state index in [0.29, 0.717) is 19.6 Å². The quantitative estimate of drug-likeness (QED) is 0.767. The second kappa shape index (κ2) is 6.94. The third-order valence-corrected chi connectivity index (χ3v) is 2.14. The van der Waals surface area contributed by atoms with Gasteiger partial charge in [-0.2, -0.15) is 5.10 Å². The van der Waals surface area contributed by atoms with Crippen molar-refractivity contribution < 1.29 is 9.53 Å². The van der Waals surface area contributed by atoms with Gasteiger partial charge < -0.3 is 15.4 Å². The van der Waals surface area contributed by atoms with Crippen LogP contribution in [0.5, 0.6) is 0 Å². The first-order valence-electron chi connectivity index (χ1n) is 6.24. The molecule has 1 rings (SSSR count). The van der Waals surface area contributed by atoms with Crippen LogP contribution < -0.4 is 10.6 Å². The Bertz CT molecular complexity index is 421. The summed E-state index contributed by atoms with van der Waals surface area (Å²) in [6.07, 6.45) is 4.90. The number of aromatic nitrogens is 2. The lowest BCUT2D eigenvalue weighted by molar-refractivity contribution is 0.0528. The van der Waals surface area contributed by atoms with Crippen LogP contribution in [0.2, 0.25) is 0 Å². The molecule has 0 aliphatic heterocycles. The van der Waals surface area contributed by atoms with E-state index in [1.807, 2.05) is 27.0 Å². The normalized spacial score (nSPS) is 11.1. The molecule has 1 heterocycles. The van der Waals surface area contributed by atoms with E-state index in [9.17, 15) is 4.79 Å². The molecule has 0 saturated heterocycles. The minimum Gasteiger partial charge on any atom is -0.444 e. The first kappa shape index (κ1) is 15.2. The zero-order valence-electron chi connectivity index (χ0n) is 11.8. The lowest BCUT2D eigenvalue weighted by atomic mass is 10.2. The average molecular weight is 266 g/mol. The monoisotopic (exact) mass is 266 g/mol. The van der Waals surface area contributed by atoms with Gasteiger partial charge >= 0.3 is 6.09 Å². The van der Waals surface area contributed by atoms with E-state index in [2.05, 4.69) is 22.3 Å². The molecule has 0 bridgehead atoms. The van der Waals surface area contributed by atoms with Crippen LogP contribution in [0, 0.1) is 0 Å². The van der Waals surface area contributed by atoms with Gasteiger partial charge in [-0.15, -0.1) is 0 Å². The van der Waals surface area contributed by atoms with Crippen LogP contribution in [-0.2, 0) is 11.3 Å². The lowest BCUT2D eigenvalue weighted by Crippen LogP contribution is -2.36. The largest absolute Gasteiger partial charge is 0.444 e. The highest BCUT2D eigenvalue weighted by atomic mass is 16.6. The predicted molar refractivity (Wildman–Crippen MR) is 74.6 cm³/mol. The molecule has 1 aromatic rings. The molecule has 0 spiro atoms. The van der Waals surface area contributed by atoms with Gasteiger partial charge in [0.25, 0.3) is 0 Å². The summed E-state index contributed by atoms with van der Waals surface area (Å²) in [5, 5.41) is 9.95. The van der Waals surface area contributed by atoms with Crippen molar-refractivity contribution in [1.82, 2.24) is 20.4 Å². The molecule has 0 unspecified atom stereocenters. The number of rotatable bonds is 6. The van der Waals surface area contributed by atoms with Gasteiger partial charge in [0, 0.05) is 37.6 Å². The Morgan fingerprint density at radius 2 is 2.26 bits per heavy atom. The number of nitrogens with one attached hydrogen (secondary N) is 2. The van der Waals surface area contributed by atoms with Crippen molar-refractivity contribution in [2.45, 2.75) is 32.9 Å². The molecular formula is C13H22N4O2. The number of nitrogens with zero attached hydrogens (tertiary/aromatic N) is 2. The smallest absolute Gasteiger partial charge is 0.407 e. The van der Waals surface area contributed by atoms with Gasteiger partial charge in [-0.1, -0.05) is 6.58 Å². The summed E-state index contributed by atoms with van der Waals surface area (Å²) in [5.74, 6) is 0. The van der Waals surface area contributed by atoms with E-state index in [-0.39, 0.29) is 0 Å². The Kier molecular flexibility index (Phi) is 5.57. The number of carbonyl (C=O) groups excluding carboxylic acids is 1. The fraction of sp³-hybridized carbons (Fsp3) is 0.538. The fourth-order valence-corrected chi connectivity index (χ4v) is 1.37. The minimum atomic E-state index is -0.462. The van der Waals surface area contributed by atoms with Gasteiger partial charge in [0.1, 0.15) is 5.60 Å². The van der Waals surface area contributed by atoms with Crippen molar-refractivity contribution >= 4 is 12.3 Å². The Balaban J connectivity index is 2.11. The molecule has 0 radical (unpaired) electrons. The summed E-state index contributed by atoms with van der Waals surface area (Å²) >= 11 is 0. The standard InChI is InChI=1S/C13H22N4O2/c1-5-17-10-11(9-16-17)8-14-6-7-15-12(18)19-13(2,3)4/h5,9-10,14H,1,6-8H2,2-4H3,(H,15,18). The average Bonchev–Trinajstić information content (AvgIpc) is 2.74. The SMILES string of the molecule is C=Cn1cc(CNCCNC(=O)OC(C)(C)C)cn1. The summed E-state index contributed by atoms with van der Waals surface area (Å²) < 4.78 is 6.77. The van der Waals surface area contributed by atoms with E-state index in [4.69, 9.17) is 4.74 Å². The van der Waals surface area contributed by atoms with Crippen molar-refractivity contribution in [3.63, 3.8) is 0 Å². The Morgan fingerprint density at radius 1 is 1.53 bits per heavy atom. The van der Waals surface area contributed by atoms with Gasteiger partial charge in [0.2, 0.25) is 0 Å². The van der Waals surface area contributed by atoms with Gasteiger partial charge in [0.15, 0.2) is 0 Å². The number of alkyl carbamates (subject to hydrolysis) is 1. The Labute approximate surface area is 113 Å². The van der Waals surface area contributed by atoms with E-state index in [1.54, 1.807) is 17.1 Å². The molecule has 0 atom stereocenters. The van der Waals surface area contributed by atoms with Crippen molar-refractivity contribution in [2.75, 3.05) is 13.1 Å². The van der Waals surface area contributed by atoms with Crippen molar-refractivity contribution in [1.29, 1.82) is 0 Å². The highest BCUT2D eigenvalue weighted by Crippen LogP contribution is 2.05. The number of carbonyl (C=O) groups is 1. The van der Waals surface area contributed by atoms with E-state index in [1.165, 1.54) is 0 Å². The number of ether oxygens (including phenoxy) is 1. The minimum absolute atomic E-state index is 0.395. The maximum absolute atomic E-state index is 11.3. The van der Waals surface area contributed by atoms with Crippen LogP contribution in [0.15, 0.2) is 19.0 Å². The number of hydrogen-bond acceptors (Lipinski definition) is 4. The third kappa shape index (κ3) is 6.61. The first-order chi connectivity index (χ1) is 8.90. The van der Waals surface area contributed by atoms with Crippen LogP contribution in [-0.4, -0.2) is 34.6 Å². The molecule has 1 amide bonds. The van der Waals surface area contributed by atoms with Crippen LogP contribution in [0.1, 0.15) is 26.3 Å². The second-order valence-corrected chi connectivity index (χ2v) is 5.12. The van der Waals surface area contributed by atoms with Crippen LogP contribution in [0.25, 0.3) is 6.20 Å². The molecule has 0 aromatic carbocycles. The molecule has 6 heteroatoms. The second-order valence-electron chi connectivity index (χ2n) is 5.12. The van der Waals surface area contributed by atoms with E-state index < -0.39 is 11.7 Å². The number of amides is 1. The summed E-state index contributed by atoms with van der Waals surface area (Å²) in [4.78, 5) is 11.3. The van der Waals surface area contributed by atoms with E-state index >= 15 is 0 Å². The van der Waals surface area contributed by atoms with Gasteiger partial charge in [0.05, 0.1) is 6.20 Å². The van der Waals surface area contributed by atoms with Crippen LogP contribution in [0.4, 0.5) is 4.79 Å². The third-order valence-electron chi connectivity index (χ3n) is 2.14. The summed E-state index contributed by atoms with van der Waals surface area (Å²) in [7, 11) is 0. The highest BCUT2D eigenvalue weighted by molar-refractivity contribution is 5.67. The van der Waals surface area contributed by atoms with Crippen molar-refractivity contribution in [2.24, 2.45) is 0 Å². The fourth-order valence-electron chi connectivity index (χ4n) is 1.37. The van der Waals surface area contributed by atoms with Crippen molar-refractivity contribution in [3.05, 3.63) is 24.5 Å². The van der Waals surface area contributed by atoms with E-state index in [0.717, 1.165) is 5.56 Å². The summed E-state index contributed by atoms with van der Waals surface area (Å²) in [5.41, 5.74) is 0.605. The molecular weight excluding hydrogens is 244 g/mol. The van der Waals surface area contributed by atoms with Gasteiger partial charge in [-0.05, 0) is 20.8 Å². The zero-order chi connectivity index (χ0) is 14.3.